The first-order chi connectivity index (χ1) is 37.7. The topological polar surface area (TPSA) is 521 Å². The van der Waals surface area contributed by atoms with Crippen LogP contribution in [0.3, 0.4) is 0 Å². The second-order valence-electron chi connectivity index (χ2n) is 19.6. The predicted octanol–water partition coefficient (Wildman–Crippen LogP) is -5.70. The number of carbonyl (C=O) groups is 11. The molecule has 3 rings (SSSR count). The summed E-state index contributed by atoms with van der Waals surface area (Å²) in [7, 11) is 0. The molecular formula is C49H75N15O16. The summed E-state index contributed by atoms with van der Waals surface area (Å²) in [5.41, 5.74) is 22.8. The zero-order valence-corrected chi connectivity index (χ0v) is 44.6. The number of primary amides is 1. The molecule has 1 aliphatic rings. The van der Waals surface area contributed by atoms with Crippen LogP contribution in [0, 0.1) is 5.92 Å². The molecule has 0 unspecified atom stereocenters. The number of aromatic nitrogens is 2. The van der Waals surface area contributed by atoms with Gasteiger partial charge in [0.15, 0.2) is 12.0 Å². The van der Waals surface area contributed by atoms with Gasteiger partial charge < -0.3 is 95.6 Å². The summed E-state index contributed by atoms with van der Waals surface area (Å²) in [6.07, 6.45) is -0.868. The highest BCUT2D eigenvalue weighted by molar-refractivity contribution is 5.98. The minimum Gasteiger partial charge on any atom is -0.508 e. The van der Waals surface area contributed by atoms with Crippen molar-refractivity contribution in [2.24, 2.45) is 33.8 Å². The van der Waals surface area contributed by atoms with E-state index in [2.05, 4.69) is 52.2 Å². The lowest BCUT2D eigenvalue weighted by atomic mass is 10.0. The van der Waals surface area contributed by atoms with Crippen LogP contribution in [0.5, 0.6) is 5.75 Å². The van der Waals surface area contributed by atoms with Gasteiger partial charge in [0.1, 0.15) is 48.0 Å². The molecule has 0 spiro atoms. The summed E-state index contributed by atoms with van der Waals surface area (Å²) >= 11 is 0. The van der Waals surface area contributed by atoms with Gasteiger partial charge in [-0.3, -0.25) is 52.9 Å². The van der Waals surface area contributed by atoms with E-state index in [0.29, 0.717) is 11.3 Å². The van der Waals surface area contributed by atoms with E-state index in [1.807, 2.05) is 0 Å². The lowest BCUT2D eigenvalue weighted by molar-refractivity contribution is -0.145. The molecule has 442 valence electrons. The average molecular weight is 1130 g/mol. The Kier molecular flexibility index (Phi) is 26.7. The Morgan fingerprint density at radius 3 is 1.84 bits per heavy atom. The van der Waals surface area contributed by atoms with Crippen LogP contribution < -0.4 is 60.2 Å². The van der Waals surface area contributed by atoms with Gasteiger partial charge in [-0.15, -0.1) is 0 Å². The van der Waals surface area contributed by atoms with Crippen molar-refractivity contribution in [1.82, 2.24) is 52.1 Å². The van der Waals surface area contributed by atoms with Gasteiger partial charge in [0.25, 0.3) is 0 Å². The number of aliphatic carboxylic acids is 2. The van der Waals surface area contributed by atoms with Crippen LogP contribution in [0.1, 0.15) is 89.8 Å². The number of carboxylic acid groups (broad SMARTS) is 2. The number of nitrogens with zero attached hydrogens (tertiary/aromatic N) is 3. The van der Waals surface area contributed by atoms with Gasteiger partial charge in [0, 0.05) is 50.7 Å². The van der Waals surface area contributed by atoms with Crippen LogP contribution in [0.4, 0.5) is 0 Å². The fraction of sp³-hybridized carbons (Fsp3) is 0.571. The van der Waals surface area contributed by atoms with Gasteiger partial charge in [-0.25, -0.2) is 9.78 Å². The first-order valence-electron chi connectivity index (χ1n) is 25.7. The number of H-pyrrole nitrogens is 1. The van der Waals surface area contributed by atoms with Crippen LogP contribution in [0.2, 0.25) is 0 Å². The minimum absolute atomic E-state index is 0.00113. The Balaban J connectivity index is 1.89. The fourth-order valence-corrected chi connectivity index (χ4v) is 8.31. The maximum absolute atomic E-state index is 14.5. The maximum Gasteiger partial charge on any atom is 0.328 e. The number of imidazole rings is 1. The number of benzene rings is 1. The number of guanidine groups is 1. The van der Waals surface area contributed by atoms with Crippen molar-refractivity contribution < 1.29 is 78.3 Å². The van der Waals surface area contributed by atoms with Gasteiger partial charge in [-0.05, 0) is 75.5 Å². The van der Waals surface area contributed by atoms with Crippen molar-refractivity contribution in [2.75, 3.05) is 19.7 Å². The molecule has 31 heteroatoms. The van der Waals surface area contributed by atoms with Crippen molar-refractivity contribution in [1.29, 1.82) is 0 Å². The van der Waals surface area contributed by atoms with Crippen molar-refractivity contribution in [3.8, 4) is 5.75 Å². The second kappa shape index (κ2) is 32.5. The molecule has 2 heterocycles. The van der Waals surface area contributed by atoms with E-state index in [9.17, 15) is 78.3 Å². The van der Waals surface area contributed by atoms with Crippen LogP contribution in [-0.4, -0.2) is 192 Å². The van der Waals surface area contributed by atoms with Crippen LogP contribution in [0.15, 0.2) is 41.8 Å². The zero-order valence-electron chi connectivity index (χ0n) is 44.6. The number of phenolic OH excluding ortho intramolecular Hbond substituents is 1. The standard InChI is InChI=1S/C49H75N15O16/c1-24(2)18-34(47(78)64-17-5-7-36(64)46(77)60-32(19-26-8-10-28(67)11-9-26)44(75)63-39(25(3)66)48(79)80)61-42(73)31(13-15-38(69)70)58-41(72)30(6-4-16-55-49(52)53)57-45(76)35(22-65)62-43(74)33(20-27-21-54-23-56-27)59-40(71)29(50)12-14-37(51)68/h8-11,21,23-25,29-36,39,65-67H,4-7,12-20,22,50H2,1-3H3,(H2,51,68)(H,54,56)(H,57,76)(H,58,72)(H,59,71)(H,60,77)(H,61,73)(H,62,74)(H,63,75)(H,69,70)(H,79,80)(H4,52,53,55)/t25-,29+,30+,31+,32+,33+,34+,35+,36+,39+/m1/s1. The number of aliphatic hydroxyl groups is 2. The first-order valence-corrected chi connectivity index (χ1v) is 25.7. The molecule has 1 aromatic carbocycles. The number of phenols is 1. The number of aliphatic imine (C=N–C) groups is 1. The van der Waals surface area contributed by atoms with E-state index in [4.69, 9.17) is 22.9 Å². The lowest BCUT2D eigenvalue weighted by Crippen LogP contribution is -2.61. The monoisotopic (exact) mass is 1130 g/mol. The van der Waals surface area contributed by atoms with Gasteiger partial charge in [0.05, 0.1) is 25.1 Å². The Morgan fingerprint density at radius 1 is 0.725 bits per heavy atom. The van der Waals surface area contributed by atoms with Crippen LogP contribution >= 0.6 is 0 Å². The number of aromatic amines is 1. The fourth-order valence-electron chi connectivity index (χ4n) is 8.31. The molecule has 80 heavy (non-hydrogen) atoms. The Bertz CT molecular complexity index is 2490. The Hall–Kier alpha value is -8.45. The molecule has 0 saturated carbocycles. The molecule has 0 aliphatic carbocycles. The van der Waals surface area contributed by atoms with Gasteiger partial charge >= 0.3 is 11.9 Å². The third-order valence-electron chi connectivity index (χ3n) is 12.5. The molecule has 1 saturated heterocycles. The van der Waals surface area contributed by atoms with Crippen molar-refractivity contribution >= 4 is 71.1 Å². The molecular weight excluding hydrogens is 1050 g/mol. The first kappa shape index (κ1) is 65.8. The molecule has 31 nitrogen and oxygen atoms in total. The zero-order chi connectivity index (χ0) is 59.8. The molecule has 10 atom stereocenters. The molecule has 2 aromatic rings. The Morgan fingerprint density at radius 2 is 1.29 bits per heavy atom. The molecule has 21 N–H and O–H groups in total. The summed E-state index contributed by atoms with van der Waals surface area (Å²) in [5, 5.41) is 66.5. The highest BCUT2D eigenvalue weighted by Crippen LogP contribution is 2.22. The van der Waals surface area contributed by atoms with Crippen molar-refractivity contribution in [3.63, 3.8) is 0 Å². The number of aliphatic hydroxyl groups excluding tert-OH is 2. The minimum atomic E-state index is -1.78. The van der Waals surface area contributed by atoms with Crippen molar-refractivity contribution in [2.45, 2.75) is 152 Å². The van der Waals surface area contributed by atoms with E-state index in [1.165, 1.54) is 41.7 Å². The van der Waals surface area contributed by atoms with Crippen LogP contribution in [0.25, 0.3) is 0 Å². The third-order valence-corrected chi connectivity index (χ3v) is 12.5. The van der Waals surface area contributed by atoms with E-state index in [1.54, 1.807) is 13.8 Å². The van der Waals surface area contributed by atoms with E-state index < -0.39 is 145 Å². The van der Waals surface area contributed by atoms with Crippen molar-refractivity contribution in [3.05, 3.63) is 48.0 Å². The van der Waals surface area contributed by atoms with Gasteiger partial charge in [0.2, 0.25) is 53.2 Å². The summed E-state index contributed by atoms with van der Waals surface area (Å²) in [5.74, 6) is -12.0. The number of amides is 9. The second-order valence-corrected chi connectivity index (χ2v) is 19.6. The molecule has 0 bridgehead atoms. The average Bonchev–Trinajstić information content (AvgIpc) is 4.11. The normalized spacial score (nSPS) is 16.4. The number of nitrogens with one attached hydrogen (secondary N) is 8. The maximum atomic E-state index is 14.5. The predicted molar refractivity (Wildman–Crippen MR) is 281 cm³/mol. The lowest BCUT2D eigenvalue weighted by Gasteiger charge is -2.31. The molecule has 1 aliphatic heterocycles. The molecule has 1 fully saturated rings. The van der Waals surface area contributed by atoms with Gasteiger partial charge in [-0.1, -0.05) is 26.0 Å². The molecule has 0 radical (unpaired) electrons. The highest BCUT2D eigenvalue weighted by atomic mass is 16.4. The summed E-state index contributed by atoms with van der Waals surface area (Å²) in [6, 6.07) is -8.04. The largest absolute Gasteiger partial charge is 0.508 e. The number of nitrogens with two attached hydrogens (primary N) is 4. The highest BCUT2D eigenvalue weighted by Gasteiger charge is 2.41. The SMILES string of the molecule is CC(C)C[C@H](NC(=O)[C@H](CCC(=O)O)NC(=O)[C@H](CCCN=C(N)N)NC(=O)[C@H](CO)NC(=O)[C@H](Cc1cnc[nH]1)NC(=O)[C@@H](N)CCC(N)=O)C(=O)N1CCC[C@H]1C(=O)N[C@@H](Cc1ccc(O)cc1)C(=O)N[C@H](C(=O)O)[C@@H](C)O. The molecule has 9 amide bonds. The quantitative estimate of drug-likeness (QED) is 0.0176. The summed E-state index contributed by atoms with van der Waals surface area (Å²) < 4.78 is 0. The number of rotatable bonds is 34. The molecule has 1 aromatic heterocycles. The van der Waals surface area contributed by atoms with E-state index >= 15 is 0 Å². The number of aromatic hydroxyl groups is 1. The number of hydrogen-bond acceptors (Lipinski definition) is 17. The summed E-state index contributed by atoms with van der Waals surface area (Å²) in [6.45, 7) is 3.48. The number of carboxylic acids is 2. The number of likely N-dealkylation sites (tertiary alicyclic amines) is 1. The van der Waals surface area contributed by atoms with E-state index in [-0.39, 0.29) is 88.5 Å². The number of carbonyl (C=O) groups excluding carboxylic acids is 9. The van der Waals surface area contributed by atoms with E-state index in [0.717, 1.165) is 6.92 Å². The summed E-state index contributed by atoms with van der Waals surface area (Å²) in [4.78, 5) is 158. The van der Waals surface area contributed by atoms with Gasteiger partial charge in [-0.2, -0.15) is 0 Å². The smallest absolute Gasteiger partial charge is 0.328 e. The third kappa shape index (κ3) is 22.1. The van der Waals surface area contributed by atoms with Crippen LogP contribution in [-0.2, 0) is 65.6 Å². The Labute approximate surface area is 459 Å². The number of hydrogen-bond donors (Lipinski definition) is 17.